The van der Waals surface area contributed by atoms with E-state index in [0.717, 1.165) is 35.8 Å². The Morgan fingerprint density at radius 3 is 2.75 bits per heavy atom. The second-order valence-corrected chi connectivity index (χ2v) is 6.37. The molecule has 2 rings (SSSR count). The molecule has 0 aliphatic heterocycles. The molecular formula is C19H27F. The van der Waals surface area contributed by atoms with Crippen LogP contribution in [0.25, 0.3) is 5.57 Å². The zero-order chi connectivity index (χ0) is 14.5. The largest absolute Gasteiger partial charge is 0.206 e. The Labute approximate surface area is 123 Å². The molecule has 0 heterocycles. The third-order valence-corrected chi connectivity index (χ3v) is 4.74. The molecule has 1 aliphatic carbocycles. The van der Waals surface area contributed by atoms with Gasteiger partial charge in [-0.2, -0.15) is 0 Å². The van der Waals surface area contributed by atoms with Gasteiger partial charge in [-0.1, -0.05) is 51.3 Å². The number of benzene rings is 1. The maximum absolute atomic E-state index is 14.0. The zero-order valence-corrected chi connectivity index (χ0v) is 13.1. The van der Waals surface area contributed by atoms with Crippen LogP contribution in [0.1, 0.15) is 63.5 Å². The highest BCUT2D eigenvalue weighted by atomic mass is 19.1. The lowest BCUT2D eigenvalue weighted by Gasteiger charge is -2.27. The Hall–Kier alpha value is -1.11. The average Bonchev–Trinajstić information content (AvgIpc) is 2.45. The van der Waals surface area contributed by atoms with E-state index in [0.29, 0.717) is 0 Å². The number of allylic oxidation sites excluding steroid dienone is 2. The Kier molecular flexibility index (Phi) is 5.39. The fourth-order valence-corrected chi connectivity index (χ4v) is 3.26. The first-order valence-corrected chi connectivity index (χ1v) is 8.07. The van der Waals surface area contributed by atoms with E-state index < -0.39 is 0 Å². The summed E-state index contributed by atoms with van der Waals surface area (Å²) in [6, 6.07) is 5.60. The van der Waals surface area contributed by atoms with Gasteiger partial charge in [0, 0.05) is 5.56 Å². The summed E-state index contributed by atoms with van der Waals surface area (Å²) in [7, 11) is 0. The summed E-state index contributed by atoms with van der Waals surface area (Å²) in [5, 5.41) is 0. The van der Waals surface area contributed by atoms with Gasteiger partial charge in [-0.3, -0.25) is 0 Å². The molecule has 0 amide bonds. The number of hydrogen-bond acceptors (Lipinski definition) is 0. The first-order valence-electron chi connectivity index (χ1n) is 8.07. The van der Waals surface area contributed by atoms with Crippen molar-refractivity contribution in [1.82, 2.24) is 0 Å². The van der Waals surface area contributed by atoms with Crippen LogP contribution in [-0.2, 0) is 0 Å². The van der Waals surface area contributed by atoms with Crippen molar-refractivity contribution in [1.29, 1.82) is 0 Å². The Morgan fingerprint density at radius 1 is 1.35 bits per heavy atom. The lowest BCUT2D eigenvalue weighted by atomic mass is 9.78. The highest BCUT2D eigenvalue weighted by Crippen LogP contribution is 2.36. The highest BCUT2D eigenvalue weighted by molar-refractivity contribution is 5.67. The summed E-state index contributed by atoms with van der Waals surface area (Å²) in [5.41, 5.74) is 3.02. The molecule has 0 fully saturated rings. The highest BCUT2D eigenvalue weighted by Gasteiger charge is 2.21. The molecule has 0 radical (unpaired) electrons. The number of halogens is 1. The standard InChI is InChI=1S/C19H27F/c1-4-5-6-15(3)16-8-10-17(11-9-16)18-12-7-14(2)13-19(18)20/h7,10,12-13,15-16H,4-6,8-9,11H2,1-3H3. The minimum atomic E-state index is -0.0614. The Bertz CT molecular complexity index is 473. The average molecular weight is 274 g/mol. The van der Waals surface area contributed by atoms with Crippen molar-refractivity contribution in [2.24, 2.45) is 11.8 Å². The summed E-state index contributed by atoms with van der Waals surface area (Å²) in [5.74, 6) is 1.53. The number of unbranched alkanes of at least 4 members (excludes halogenated alkanes) is 1. The van der Waals surface area contributed by atoms with Gasteiger partial charge in [0.05, 0.1) is 0 Å². The maximum atomic E-state index is 14.0. The first kappa shape index (κ1) is 15.3. The summed E-state index contributed by atoms with van der Waals surface area (Å²) in [6.07, 6.45) is 9.60. The minimum Gasteiger partial charge on any atom is -0.206 e. The van der Waals surface area contributed by atoms with Crippen molar-refractivity contribution < 1.29 is 4.39 Å². The molecule has 2 unspecified atom stereocenters. The van der Waals surface area contributed by atoms with Crippen LogP contribution >= 0.6 is 0 Å². The van der Waals surface area contributed by atoms with E-state index >= 15 is 0 Å². The molecule has 0 saturated heterocycles. The monoisotopic (exact) mass is 274 g/mol. The van der Waals surface area contributed by atoms with Crippen molar-refractivity contribution in [3.63, 3.8) is 0 Å². The second kappa shape index (κ2) is 7.06. The normalized spacial score (nSPS) is 20.6. The molecule has 20 heavy (non-hydrogen) atoms. The fraction of sp³-hybridized carbons (Fsp3) is 0.579. The van der Waals surface area contributed by atoms with Crippen molar-refractivity contribution in [2.75, 3.05) is 0 Å². The molecule has 0 nitrogen and oxygen atoms in total. The van der Waals surface area contributed by atoms with Crippen LogP contribution < -0.4 is 0 Å². The topological polar surface area (TPSA) is 0 Å². The maximum Gasteiger partial charge on any atom is 0.130 e. The van der Waals surface area contributed by atoms with E-state index in [1.807, 2.05) is 19.1 Å². The lowest BCUT2D eigenvalue weighted by molar-refractivity contribution is 0.310. The van der Waals surface area contributed by atoms with Crippen LogP contribution in [0.3, 0.4) is 0 Å². The molecule has 1 aromatic carbocycles. The fourth-order valence-electron chi connectivity index (χ4n) is 3.26. The summed E-state index contributed by atoms with van der Waals surface area (Å²) in [4.78, 5) is 0. The van der Waals surface area contributed by atoms with Crippen LogP contribution in [0.4, 0.5) is 4.39 Å². The minimum absolute atomic E-state index is 0.0614. The first-order chi connectivity index (χ1) is 9.61. The van der Waals surface area contributed by atoms with Gasteiger partial charge in [0.1, 0.15) is 5.82 Å². The predicted octanol–water partition coefficient (Wildman–Crippen LogP) is 6.14. The van der Waals surface area contributed by atoms with Gasteiger partial charge < -0.3 is 0 Å². The van der Waals surface area contributed by atoms with Crippen molar-refractivity contribution in [3.05, 3.63) is 41.2 Å². The smallest absolute Gasteiger partial charge is 0.130 e. The number of aryl methyl sites for hydroxylation is 1. The van der Waals surface area contributed by atoms with Gasteiger partial charge in [-0.25, -0.2) is 4.39 Å². The molecule has 1 heteroatoms. The quantitative estimate of drug-likeness (QED) is 0.604. The number of hydrogen-bond donors (Lipinski definition) is 0. The molecule has 0 aromatic heterocycles. The van der Waals surface area contributed by atoms with Gasteiger partial charge in [0.25, 0.3) is 0 Å². The molecule has 0 spiro atoms. The molecule has 0 saturated carbocycles. The molecule has 1 aliphatic rings. The van der Waals surface area contributed by atoms with Crippen molar-refractivity contribution >= 4 is 5.57 Å². The Morgan fingerprint density at radius 2 is 2.15 bits per heavy atom. The predicted molar refractivity (Wildman–Crippen MR) is 85.1 cm³/mol. The molecule has 2 atom stereocenters. The molecule has 1 aromatic rings. The molecule has 0 bridgehead atoms. The summed E-state index contributed by atoms with van der Waals surface area (Å²) in [6.45, 7) is 6.57. The van der Waals surface area contributed by atoms with Crippen LogP contribution in [-0.4, -0.2) is 0 Å². The van der Waals surface area contributed by atoms with Gasteiger partial charge in [-0.05, 0) is 55.2 Å². The van der Waals surface area contributed by atoms with Gasteiger partial charge in [0.15, 0.2) is 0 Å². The second-order valence-electron chi connectivity index (χ2n) is 6.37. The van der Waals surface area contributed by atoms with E-state index in [2.05, 4.69) is 19.9 Å². The van der Waals surface area contributed by atoms with Crippen LogP contribution in [0.15, 0.2) is 24.3 Å². The molecular weight excluding hydrogens is 247 g/mol. The van der Waals surface area contributed by atoms with E-state index in [9.17, 15) is 4.39 Å². The SMILES string of the molecule is CCCCC(C)C1CC=C(c2ccc(C)cc2F)CC1. The van der Waals surface area contributed by atoms with Crippen LogP contribution in [0.2, 0.25) is 0 Å². The van der Waals surface area contributed by atoms with E-state index in [1.165, 1.54) is 31.3 Å². The van der Waals surface area contributed by atoms with E-state index in [4.69, 9.17) is 0 Å². The third-order valence-electron chi connectivity index (χ3n) is 4.74. The van der Waals surface area contributed by atoms with Crippen LogP contribution in [0, 0.1) is 24.6 Å². The van der Waals surface area contributed by atoms with E-state index in [-0.39, 0.29) is 5.82 Å². The summed E-state index contributed by atoms with van der Waals surface area (Å²) < 4.78 is 14.0. The van der Waals surface area contributed by atoms with Gasteiger partial charge in [-0.15, -0.1) is 0 Å². The Balaban J connectivity index is 2.01. The summed E-state index contributed by atoms with van der Waals surface area (Å²) >= 11 is 0. The van der Waals surface area contributed by atoms with E-state index in [1.54, 1.807) is 6.07 Å². The third kappa shape index (κ3) is 3.71. The zero-order valence-electron chi connectivity index (χ0n) is 13.1. The van der Waals surface area contributed by atoms with Crippen LogP contribution in [0.5, 0.6) is 0 Å². The molecule has 110 valence electrons. The van der Waals surface area contributed by atoms with Gasteiger partial charge in [0.2, 0.25) is 0 Å². The van der Waals surface area contributed by atoms with Gasteiger partial charge >= 0.3 is 0 Å². The number of rotatable bonds is 5. The van der Waals surface area contributed by atoms with Crippen molar-refractivity contribution in [2.45, 2.75) is 59.3 Å². The van der Waals surface area contributed by atoms with Crippen molar-refractivity contribution in [3.8, 4) is 0 Å². The molecule has 0 N–H and O–H groups in total. The lowest BCUT2D eigenvalue weighted by Crippen LogP contribution is -2.14.